The maximum atomic E-state index is 10.5. The van der Waals surface area contributed by atoms with Crippen molar-refractivity contribution < 1.29 is 4.92 Å². The number of nitrogens with one attached hydrogen (secondary N) is 2. The van der Waals surface area contributed by atoms with Gasteiger partial charge in [0, 0.05) is 18.7 Å². The molecule has 0 aromatic heterocycles. The van der Waals surface area contributed by atoms with Gasteiger partial charge in [-0.25, -0.2) is 10.4 Å². The lowest BCUT2D eigenvalue weighted by molar-refractivity contribution is -0.384. The number of hydrogen-bond donors (Lipinski definition) is 2. The van der Waals surface area contributed by atoms with Crippen LogP contribution in [0.3, 0.4) is 0 Å². The number of guanidine groups is 1. The van der Waals surface area contributed by atoms with Crippen LogP contribution in [0.15, 0.2) is 34.4 Å². The lowest BCUT2D eigenvalue weighted by Gasteiger charge is -2.03. The molecule has 1 aromatic rings. The fraction of sp³-hybridized carbons (Fsp3) is 0.273. The molecule has 0 fully saturated rings. The van der Waals surface area contributed by atoms with Gasteiger partial charge in [0.1, 0.15) is 0 Å². The Labute approximate surface area is 104 Å². The molecule has 1 aromatic carbocycles. The standard InChI is InChI=1S/C11H13N5O2/c1-8(14-15-11-12-6-7-13-11)9-2-4-10(5-3-9)16(17)18/h2-5H,6-7H2,1H3,(H2,12,13,15)/b14-8+. The Morgan fingerprint density at radius 1 is 1.50 bits per heavy atom. The minimum Gasteiger partial charge on any atom is -0.353 e. The number of non-ortho nitro benzene ring substituents is 1. The average molecular weight is 247 g/mol. The van der Waals surface area contributed by atoms with E-state index in [1.165, 1.54) is 12.1 Å². The van der Waals surface area contributed by atoms with Crippen molar-refractivity contribution in [1.82, 2.24) is 10.7 Å². The highest BCUT2D eigenvalue weighted by Crippen LogP contribution is 2.12. The number of nitro benzene ring substituents is 1. The molecule has 0 saturated carbocycles. The molecule has 2 N–H and O–H groups in total. The van der Waals surface area contributed by atoms with Crippen molar-refractivity contribution in [3.63, 3.8) is 0 Å². The van der Waals surface area contributed by atoms with E-state index in [-0.39, 0.29) is 5.69 Å². The van der Waals surface area contributed by atoms with E-state index in [1.54, 1.807) is 12.1 Å². The molecule has 94 valence electrons. The van der Waals surface area contributed by atoms with Crippen LogP contribution in [0, 0.1) is 10.1 Å². The van der Waals surface area contributed by atoms with Crippen molar-refractivity contribution in [2.75, 3.05) is 13.1 Å². The van der Waals surface area contributed by atoms with Crippen molar-refractivity contribution in [3.05, 3.63) is 39.9 Å². The Morgan fingerprint density at radius 3 is 2.78 bits per heavy atom. The normalized spacial score (nSPS) is 14.9. The summed E-state index contributed by atoms with van der Waals surface area (Å²) in [7, 11) is 0. The highest BCUT2D eigenvalue weighted by molar-refractivity contribution is 5.99. The summed E-state index contributed by atoms with van der Waals surface area (Å²) in [5.41, 5.74) is 4.44. The second-order valence-electron chi connectivity index (χ2n) is 3.77. The first-order chi connectivity index (χ1) is 8.66. The van der Waals surface area contributed by atoms with E-state index in [1.807, 2.05) is 6.92 Å². The molecule has 0 aliphatic carbocycles. The second kappa shape index (κ2) is 5.26. The van der Waals surface area contributed by atoms with E-state index in [0.29, 0.717) is 5.96 Å². The topological polar surface area (TPSA) is 91.9 Å². The molecule has 0 radical (unpaired) electrons. The molecule has 0 spiro atoms. The number of nitrogens with zero attached hydrogens (tertiary/aromatic N) is 3. The highest BCUT2D eigenvalue weighted by atomic mass is 16.6. The summed E-state index contributed by atoms with van der Waals surface area (Å²) in [5, 5.41) is 17.7. The largest absolute Gasteiger partial charge is 0.353 e. The molecule has 0 atom stereocenters. The Hall–Kier alpha value is -2.44. The third kappa shape index (κ3) is 2.82. The average Bonchev–Trinajstić information content (AvgIpc) is 2.89. The first-order valence-electron chi connectivity index (χ1n) is 5.50. The van der Waals surface area contributed by atoms with Crippen LogP contribution in [-0.4, -0.2) is 29.7 Å². The Balaban J connectivity index is 2.05. The maximum absolute atomic E-state index is 10.5. The summed E-state index contributed by atoms with van der Waals surface area (Å²) in [4.78, 5) is 14.2. The first kappa shape index (κ1) is 12.0. The predicted molar refractivity (Wildman–Crippen MR) is 68.7 cm³/mol. The molecular formula is C11H13N5O2. The van der Waals surface area contributed by atoms with Crippen molar-refractivity contribution in [2.24, 2.45) is 10.1 Å². The lowest BCUT2D eigenvalue weighted by atomic mass is 10.1. The van der Waals surface area contributed by atoms with Gasteiger partial charge in [-0.05, 0) is 24.6 Å². The van der Waals surface area contributed by atoms with Crippen molar-refractivity contribution in [3.8, 4) is 0 Å². The van der Waals surface area contributed by atoms with Crippen LogP contribution in [0.1, 0.15) is 12.5 Å². The Kier molecular flexibility index (Phi) is 3.52. The fourth-order valence-electron chi connectivity index (χ4n) is 1.50. The Morgan fingerprint density at radius 2 is 2.22 bits per heavy atom. The molecule has 7 nitrogen and oxygen atoms in total. The van der Waals surface area contributed by atoms with E-state index in [2.05, 4.69) is 20.8 Å². The summed E-state index contributed by atoms with van der Waals surface area (Å²) in [6, 6.07) is 6.25. The quantitative estimate of drug-likeness (QED) is 0.471. The van der Waals surface area contributed by atoms with Gasteiger partial charge in [-0.2, -0.15) is 5.10 Å². The van der Waals surface area contributed by atoms with E-state index in [4.69, 9.17) is 0 Å². The molecule has 0 unspecified atom stereocenters. The molecule has 18 heavy (non-hydrogen) atoms. The minimum atomic E-state index is -0.425. The van der Waals surface area contributed by atoms with Gasteiger partial charge >= 0.3 is 0 Å². The second-order valence-corrected chi connectivity index (χ2v) is 3.77. The minimum absolute atomic E-state index is 0.0707. The summed E-state index contributed by atoms with van der Waals surface area (Å²) in [6.45, 7) is 3.38. The van der Waals surface area contributed by atoms with Crippen LogP contribution in [0.4, 0.5) is 5.69 Å². The van der Waals surface area contributed by atoms with Gasteiger partial charge < -0.3 is 5.32 Å². The van der Waals surface area contributed by atoms with E-state index >= 15 is 0 Å². The number of benzene rings is 1. The number of aliphatic imine (C=N–C) groups is 1. The smallest absolute Gasteiger partial charge is 0.269 e. The number of nitro groups is 1. The molecule has 1 aliphatic rings. The summed E-state index contributed by atoms with van der Waals surface area (Å²) in [6.07, 6.45) is 0. The summed E-state index contributed by atoms with van der Waals surface area (Å²) in [5.74, 6) is 0.649. The summed E-state index contributed by atoms with van der Waals surface area (Å²) < 4.78 is 0. The summed E-state index contributed by atoms with van der Waals surface area (Å²) >= 11 is 0. The Bertz CT molecular complexity index is 507. The van der Waals surface area contributed by atoms with Crippen LogP contribution < -0.4 is 10.7 Å². The van der Waals surface area contributed by atoms with Gasteiger partial charge in [0.25, 0.3) is 5.69 Å². The molecule has 0 bridgehead atoms. The van der Waals surface area contributed by atoms with Crippen LogP contribution in [0.2, 0.25) is 0 Å². The van der Waals surface area contributed by atoms with E-state index in [9.17, 15) is 10.1 Å². The van der Waals surface area contributed by atoms with Gasteiger partial charge in [-0.3, -0.25) is 10.1 Å². The van der Waals surface area contributed by atoms with Gasteiger partial charge in [0.15, 0.2) is 0 Å². The molecule has 0 saturated heterocycles. The molecular weight excluding hydrogens is 234 g/mol. The van der Waals surface area contributed by atoms with Gasteiger partial charge in [0.2, 0.25) is 5.96 Å². The van der Waals surface area contributed by atoms with Crippen LogP contribution in [0.5, 0.6) is 0 Å². The third-order valence-electron chi connectivity index (χ3n) is 2.50. The van der Waals surface area contributed by atoms with Gasteiger partial charge in [0.05, 0.1) is 17.2 Å². The maximum Gasteiger partial charge on any atom is 0.269 e. The van der Waals surface area contributed by atoms with E-state index < -0.39 is 4.92 Å². The van der Waals surface area contributed by atoms with Crippen LogP contribution >= 0.6 is 0 Å². The van der Waals surface area contributed by atoms with Crippen LogP contribution in [-0.2, 0) is 0 Å². The predicted octanol–water partition coefficient (Wildman–Crippen LogP) is 0.868. The number of hydrazone groups is 1. The highest BCUT2D eigenvalue weighted by Gasteiger charge is 2.06. The zero-order valence-corrected chi connectivity index (χ0v) is 9.88. The van der Waals surface area contributed by atoms with Gasteiger partial charge in [-0.15, -0.1) is 0 Å². The molecule has 1 aliphatic heterocycles. The van der Waals surface area contributed by atoms with Crippen molar-refractivity contribution in [1.29, 1.82) is 0 Å². The first-order valence-corrected chi connectivity index (χ1v) is 5.50. The molecule has 1 heterocycles. The van der Waals surface area contributed by atoms with Crippen LogP contribution in [0.25, 0.3) is 0 Å². The molecule has 0 amide bonds. The number of hydrogen-bond acceptors (Lipinski definition) is 6. The van der Waals surface area contributed by atoms with Crippen molar-refractivity contribution in [2.45, 2.75) is 6.92 Å². The monoisotopic (exact) mass is 247 g/mol. The number of rotatable bonds is 3. The zero-order chi connectivity index (χ0) is 13.0. The molecule has 2 rings (SSSR count). The molecule has 7 heteroatoms. The van der Waals surface area contributed by atoms with Gasteiger partial charge in [-0.1, -0.05) is 0 Å². The van der Waals surface area contributed by atoms with E-state index in [0.717, 1.165) is 24.4 Å². The lowest BCUT2D eigenvalue weighted by Crippen LogP contribution is -2.30. The fourth-order valence-corrected chi connectivity index (χ4v) is 1.50. The van der Waals surface area contributed by atoms with Crippen molar-refractivity contribution >= 4 is 17.4 Å². The zero-order valence-electron chi connectivity index (χ0n) is 9.88. The third-order valence-corrected chi connectivity index (χ3v) is 2.50. The SMILES string of the molecule is C/C(=N\NC1=NCCN1)c1ccc([N+](=O)[O-])cc1.